The summed E-state index contributed by atoms with van der Waals surface area (Å²) in [6.45, 7) is 3.47. The summed E-state index contributed by atoms with van der Waals surface area (Å²) in [5, 5.41) is 9.64. The number of nitriles is 1. The summed E-state index contributed by atoms with van der Waals surface area (Å²) in [6.07, 6.45) is 7.54. The van der Waals surface area contributed by atoms with Gasteiger partial charge in [-0.05, 0) is 61.9 Å². The van der Waals surface area contributed by atoms with Crippen molar-refractivity contribution < 1.29 is 9.53 Å². The standard InChI is InChI=1S/C31H30N6O2/c1-20-27(21-11-13-25(14-12-21)39-24-9-3-2-4-10-24)28-29(33)34-19-35-30(28)37(20)23-8-6-16-36(18-23)31(38)26-17-22(26)7-5-15-32/h2-5,7,9-14,19,22-23,26H,6,8,16-18H2,1H3,(H2,33,34,35)/t22?,23?,26-/m1/s1. The number of ether oxygens (including phenoxy) is 1. The monoisotopic (exact) mass is 518 g/mol. The van der Waals surface area contributed by atoms with Crippen molar-refractivity contribution in [3.8, 4) is 28.7 Å². The van der Waals surface area contributed by atoms with Gasteiger partial charge in [0.25, 0.3) is 0 Å². The number of piperidine rings is 1. The molecule has 1 aliphatic heterocycles. The molecule has 2 aliphatic rings. The van der Waals surface area contributed by atoms with Crippen LogP contribution in [0.15, 0.2) is 73.1 Å². The molecule has 1 saturated heterocycles. The molecule has 39 heavy (non-hydrogen) atoms. The number of hydrogen-bond acceptors (Lipinski definition) is 6. The summed E-state index contributed by atoms with van der Waals surface area (Å²) < 4.78 is 8.23. The maximum absolute atomic E-state index is 13.2. The van der Waals surface area contributed by atoms with Gasteiger partial charge in [-0.2, -0.15) is 5.26 Å². The van der Waals surface area contributed by atoms with Gasteiger partial charge in [-0.1, -0.05) is 36.4 Å². The van der Waals surface area contributed by atoms with E-state index in [4.69, 9.17) is 15.7 Å². The molecule has 3 atom stereocenters. The molecule has 1 saturated carbocycles. The molecule has 8 nitrogen and oxygen atoms in total. The van der Waals surface area contributed by atoms with E-state index in [1.54, 1.807) is 0 Å². The van der Waals surface area contributed by atoms with Crippen LogP contribution in [0.5, 0.6) is 11.5 Å². The van der Waals surface area contributed by atoms with E-state index in [0.29, 0.717) is 12.4 Å². The van der Waals surface area contributed by atoms with Crippen LogP contribution in [-0.2, 0) is 4.79 Å². The van der Waals surface area contributed by atoms with Crippen LogP contribution in [-0.4, -0.2) is 38.4 Å². The number of para-hydroxylation sites is 1. The number of rotatable bonds is 6. The maximum atomic E-state index is 13.2. The minimum Gasteiger partial charge on any atom is -0.457 e. The molecular formula is C31H30N6O2. The first-order valence-corrected chi connectivity index (χ1v) is 13.3. The van der Waals surface area contributed by atoms with Crippen LogP contribution in [0, 0.1) is 30.1 Å². The normalized spacial score (nSPS) is 20.7. The second-order valence-corrected chi connectivity index (χ2v) is 10.3. The number of nitrogens with zero attached hydrogens (tertiary/aromatic N) is 5. The number of fused-ring (bicyclic) bond motifs is 1. The molecule has 3 heterocycles. The molecule has 8 heteroatoms. The topological polar surface area (TPSA) is 110 Å². The molecule has 2 fully saturated rings. The number of hydrogen-bond donors (Lipinski definition) is 1. The van der Waals surface area contributed by atoms with Crippen LogP contribution in [0.25, 0.3) is 22.2 Å². The predicted molar refractivity (Wildman–Crippen MR) is 150 cm³/mol. The highest BCUT2D eigenvalue weighted by atomic mass is 16.5. The number of nitrogen functional groups attached to an aromatic ring is 1. The highest BCUT2D eigenvalue weighted by Crippen LogP contribution is 2.43. The lowest BCUT2D eigenvalue weighted by Gasteiger charge is -2.34. The van der Waals surface area contributed by atoms with Crippen molar-refractivity contribution in [2.75, 3.05) is 18.8 Å². The minimum atomic E-state index is -0.0130. The molecule has 2 N–H and O–H groups in total. The molecule has 1 aliphatic carbocycles. The van der Waals surface area contributed by atoms with Crippen LogP contribution in [0.1, 0.15) is 31.0 Å². The second-order valence-electron chi connectivity index (χ2n) is 10.3. The van der Waals surface area contributed by atoms with Gasteiger partial charge in [0.1, 0.15) is 29.3 Å². The van der Waals surface area contributed by atoms with Crippen molar-refractivity contribution in [2.24, 2.45) is 11.8 Å². The van der Waals surface area contributed by atoms with E-state index in [1.807, 2.05) is 71.6 Å². The molecular weight excluding hydrogens is 488 g/mol. The zero-order valence-corrected chi connectivity index (χ0v) is 21.8. The number of benzene rings is 2. The van der Waals surface area contributed by atoms with E-state index in [0.717, 1.165) is 65.2 Å². The van der Waals surface area contributed by atoms with Gasteiger partial charge in [0, 0.05) is 36.3 Å². The number of carbonyl (C=O) groups is 1. The fraction of sp³-hybridized carbons (Fsp3) is 0.290. The van der Waals surface area contributed by atoms with Crippen molar-refractivity contribution in [3.63, 3.8) is 0 Å². The predicted octanol–water partition coefficient (Wildman–Crippen LogP) is 5.66. The molecule has 196 valence electrons. The molecule has 0 spiro atoms. The lowest BCUT2D eigenvalue weighted by atomic mass is 10.0. The van der Waals surface area contributed by atoms with Gasteiger partial charge in [0.05, 0.1) is 17.5 Å². The summed E-state index contributed by atoms with van der Waals surface area (Å²) in [7, 11) is 0. The Kier molecular flexibility index (Phi) is 6.49. The third kappa shape index (κ3) is 4.72. The number of allylic oxidation sites excluding steroid dienone is 2. The van der Waals surface area contributed by atoms with Crippen LogP contribution in [0.4, 0.5) is 5.82 Å². The lowest BCUT2D eigenvalue weighted by Crippen LogP contribution is -2.42. The van der Waals surface area contributed by atoms with Gasteiger partial charge >= 0.3 is 0 Å². The molecule has 2 aromatic carbocycles. The number of aromatic nitrogens is 3. The molecule has 0 radical (unpaired) electrons. The van der Waals surface area contributed by atoms with E-state index in [2.05, 4.69) is 21.5 Å². The molecule has 4 aromatic rings. The first-order valence-electron chi connectivity index (χ1n) is 13.3. The fourth-order valence-electron chi connectivity index (χ4n) is 5.86. The van der Waals surface area contributed by atoms with Crippen molar-refractivity contribution >= 4 is 22.8 Å². The third-order valence-corrected chi connectivity index (χ3v) is 7.83. The number of carbonyl (C=O) groups excluding carboxylic acids is 1. The Morgan fingerprint density at radius 2 is 1.90 bits per heavy atom. The summed E-state index contributed by atoms with van der Waals surface area (Å²) in [4.78, 5) is 24.2. The summed E-state index contributed by atoms with van der Waals surface area (Å²) in [5.41, 5.74) is 10.3. The molecule has 2 unspecified atom stereocenters. The average Bonchev–Trinajstić information content (AvgIpc) is 3.67. The van der Waals surface area contributed by atoms with Crippen molar-refractivity contribution in [2.45, 2.75) is 32.2 Å². The van der Waals surface area contributed by atoms with Gasteiger partial charge in [-0.15, -0.1) is 0 Å². The largest absolute Gasteiger partial charge is 0.457 e. The van der Waals surface area contributed by atoms with Gasteiger partial charge in [0.15, 0.2) is 0 Å². The van der Waals surface area contributed by atoms with Crippen molar-refractivity contribution in [3.05, 3.63) is 78.8 Å². The Balaban J connectivity index is 1.31. The van der Waals surface area contributed by atoms with Crippen LogP contribution >= 0.6 is 0 Å². The SMILES string of the molecule is Cc1c(-c2ccc(Oc3ccccc3)cc2)c2c(N)ncnc2n1C1CCCN(C(=O)[C@@H]2CC2C=CC#N)C1. The lowest BCUT2D eigenvalue weighted by molar-refractivity contribution is -0.134. The molecule has 2 aromatic heterocycles. The summed E-state index contributed by atoms with van der Waals surface area (Å²) in [6, 6.07) is 19.8. The summed E-state index contributed by atoms with van der Waals surface area (Å²) >= 11 is 0. The van der Waals surface area contributed by atoms with Gasteiger partial charge in [-0.25, -0.2) is 9.97 Å². The Morgan fingerprint density at radius 1 is 1.13 bits per heavy atom. The number of likely N-dealkylation sites (tertiary alicyclic amines) is 1. The average molecular weight is 519 g/mol. The highest BCUT2D eigenvalue weighted by Gasteiger charge is 2.44. The first-order chi connectivity index (χ1) is 19.0. The fourth-order valence-corrected chi connectivity index (χ4v) is 5.86. The van der Waals surface area contributed by atoms with E-state index >= 15 is 0 Å². The van der Waals surface area contributed by atoms with E-state index in [9.17, 15) is 4.79 Å². The Bertz CT molecular complexity index is 1590. The molecule has 0 bridgehead atoms. The number of nitrogens with two attached hydrogens (primary N) is 1. The Labute approximate surface area is 227 Å². The van der Waals surface area contributed by atoms with E-state index in [-0.39, 0.29) is 23.8 Å². The summed E-state index contributed by atoms with van der Waals surface area (Å²) in [5.74, 6) is 2.33. The van der Waals surface area contributed by atoms with Gasteiger partial charge < -0.3 is 19.9 Å². The zero-order chi connectivity index (χ0) is 26.9. The van der Waals surface area contributed by atoms with Gasteiger partial charge in [-0.3, -0.25) is 4.79 Å². The minimum absolute atomic E-state index is 0.0130. The first kappa shape index (κ1) is 24.7. The zero-order valence-electron chi connectivity index (χ0n) is 21.8. The maximum Gasteiger partial charge on any atom is 0.226 e. The van der Waals surface area contributed by atoms with Crippen LogP contribution in [0.2, 0.25) is 0 Å². The Morgan fingerprint density at radius 3 is 2.67 bits per heavy atom. The molecule has 1 amide bonds. The highest BCUT2D eigenvalue weighted by molar-refractivity contribution is 6.02. The van der Waals surface area contributed by atoms with E-state index < -0.39 is 0 Å². The van der Waals surface area contributed by atoms with Crippen molar-refractivity contribution in [1.82, 2.24) is 19.4 Å². The smallest absolute Gasteiger partial charge is 0.226 e. The number of anilines is 1. The Hall–Kier alpha value is -4.64. The van der Waals surface area contributed by atoms with E-state index in [1.165, 1.54) is 12.4 Å². The second kappa shape index (κ2) is 10.3. The third-order valence-electron chi connectivity index (χ3n) is 7.83. The van der Waals surface area contributed by atoms with Gasteiger partial charge in [0.2, 0.25) is 5.91 Å². The number of amides is 1. The van der Waals surface area contributed by atoms with Crippen LogP contribution < -0.4 is 10.5 Å². The van der Waals surface area contributed by atoms with Crippen LogP contribution in [0.3, 0.4) is 0 Å². The molecule has 6 rings (SSSR count). The quantitative estimate of drug-likeness (QED) is 0.330. The van der Waals surface area contributed by atoms with Crippen molar-refractivity contribution in [1.29, 1.82) is 5.26 Å².